The molecule has 1 fully saturated rings. The van der Waals surface area contributed by atoms with Crippen molar-refractivity contribution in [3.05, 3.63) is 65.1 Å². The third-order valence-corrected chi connectivity index (χ3v) is 6.58. The highest BCUT2D eigenvalue weighted by atomic mass is 32.2. The first-order valence-electron chi connectivity index (χ1n) is 8.54. The lowest BCUT2D eigenvalue weighted by molar-refractivity contribution is 0.367. The fourth-order valence-electron chi connectivity index (χ4n) is 3.57. The summed E-state index contributed by atoms with van der Waals surface area (Å²) < 4.78 is 45.5. The summed E-state index contributed by atoms with van der Waals surface area (Å²) in [4.78, 5) is 0. The van der Waals surface area contributed by atoms with E-state index in [1.165, 1.54) is 11.9 Å². The van der Waals surface area contributed by atoms with Crippen molar-refractivity contribution in [2.45, 2.75) is 17.7 Å². The summed E-state index contributed by atoms with van der Waals surface area (Å²) >= 11 is 1.32. The van der Waals surface area contributed by atoms with Crippen LogP contribution < -0.4 is 5.32 Å². The van der Waals surface area contributed by atoms with E-state index in [1.54, 1.807) is 29.2 Å². The summed E-state index contributed by atoms with van der Waals surface area (Å²) in [7, 11) is 3.56. The number of hydrogen-bond donors (Lipinski definition) is 2. The van der Waals surface area contributed by atoms with E-state index < -0.39 is 28.2 Å². The number of nitrogens with zero attached hydrogens (tertiary/aromatic N) is 3. The lowest BCUT2D eigenvalue weighted by atomic mass is 9.84. The predicted molar refractivity (Wildman–Crippen MR) is 103 cm³/mol. The van der Waals surface area contributed by atoms with Crippen molar-refractivity contribution in [1.82, 2.24) is 19.4 Å². The van der Waals surface area contributed by atoms with E-state index in [1.807, 2.05) is 25.2 Å². The van der Waals surface area contributed by atoms with Gasteiger partial charge in [-0.15, -0.1) is 0 Å². The topological polar surface area (TPSA) is 56.9 Å². The van der Waals surface area contributed by atoms with Gasteiger partial charge in [0.15, 0.2) is 11.6 Å². The van der Waals surface area contributed by atoms with Crippen LogP contribution in [0.2, 0.25) is 0 Å². The van der Waals surface area contributed by atoms with E-state index in [2.05, 4.69) is 10.4 Å². The van der Waals surface area contributed by atoms with Crippen LogP contribution >= 0.6 is 11.9 Å². The second kappa shape index (κ2) is 6.44. The Morgan fingerprint density at radius 2 is 1.82 bits per heavy atom. The molecule has 0 aliphatic carbocycles. The van der Waals surface area contributed by atoms with Crippen molar-refractivity contribution in [1.29, 1.82) is 5.41 Å². The van der Waals surface area contributed by atoms with Crippen molar-refractivity contribution in [2.75, 3.05) is 7.05 Å². The SMILES string of the molecule is CN1S[C@@H](c2ccc3c(cnn3C)c2)[C@@](C)(c2cc(F)c(F)cc2F)NC1=N. The van der Waals surface area contributed by atoms with Gasteiger partial charge in [-0.25, -0.2) is 13.2 Å². The summed E-state index contributed by atoms with van der Waals surface area (Å²) in [5, 5.41) is 15.9. The van der Waals surface area contributed by atoms with E-state index in [-0.39, 0.29) is 11.5 Å². The molecule has 2 heterocycles. The van der Waals surface area contributed by atoms with Crippen molar-refractivity contribution in [3.8, 4) is 0 Å². The first kappa shape index (κ1) is 18.7. The number of halogens is 3. The van der Waals surface area contributed by atoms with Crippen molar-refractivity contribution in [3.63, 3.8) is 0 Å². The lowest BCUT2D eigenvalue weighted by Crippen LogP contribution is -2.55. The van der Waals surface area contributed by atoms with E-state index in [9.17, 15) is 13.2 Å². The van der Waals surface area contributed by atoms with Crippen molar-refractivity contribution < 1.29 is 13.2 Å². The van der Waals surface area contributed by atoms with Crippen LogP contribution in [0.1, 0.15) is 23.3 Å². The Morgan fingerprint density at radius 3 is 2.57 bits per heavy atom. The largest absolute Gasteiger partial charge is 0.345 e. The first-order chi connectivity index (χ1) is 13.2. The summed E-state index contributed by atoms with van der Waals surface area (Å²) in [6.07, 6.45) is 1.74. The third kappa shape index (κ3) is 2.81. The van der Waals surface area contributed by atoms with Crippen LogP contribution in [0.5, 0.6) is 0 Å². The van der Waals surface area contributed by atoms with Gasteiger partial charge >= 0.3 is 0 Å². The molecule has 146 valence electrons. The van der Waals surface area contributed by atoms with Gasteiger partial charge < -0.3 is 5.32 Å². The minimum atomic E-state index is -1.24. The van der Waals surface area contributed by atoms with Gasteiger partial charge in [-0.05, 0) is 42.6 Å². The molecule has 0 unspecified atom stereocenters. The van der Waals surface area contributed by atoms with Crippen molar-refractivity contribution in [2.24, 2.45) is 7.05 Å². The maximum absolute atomic E-state index is 14.7. The quantitative estimate of drug-likeness (QED) is 0.499. The number of aromatic nitrogens is 2. The number of nitrogens with one attached hydrogen (secondary N) is 2. The van der Waals surface area contributed by atoms with Gasteiger partial charge in [-0.2, -0.15) is 5.10 Å². The summed E-state index contributed by atoms with van der Waals surface area (Å²) in [6, 6.07) is 7.18. The number of aryl methyl sites for hydroxylation is 1. The van der Waals surface area contributed by atoms with Gasteiger partial charge in [0, 0.05) is 31.1 Å². The fraction of sp³-hybridized carbons (Fsp3) is 0.263. The number of guanidine groups is 1. The summed E-state index contributed by atoms with van der Waals surface area (Å²) in [5.74, 6) is -3.18. The zero-order valence-electron chi connectivity index (χ0n) is 15.4. The zero-order valence-corrected chi connectivity index (χ0v) is 16.2. The Balaban J connectivity index is 1.88. The molecular formula is C19H18F3N5S. The Hall–Kier alpha value is -2.68. The Morgan fingerprint density at radius 1 is 1.11 bits per heavy atom. The Labute approximate surface area is 164 Å². The molecule has 2 atom stereocenters. The average molecular weight is 405 g/mol. The predicted octanol–water partition coefficient (Wildman–Crippen LogP) is 4.07. The van der Waals surface area contributed by atoms with Gasteiger partial charge in [0.05, 0.1) is 22.5 Å². The van der Waals surface area contributed by atoms with E-state index >= 15 is 0 Å². The van der Waals surface area contributed by atoms with Gasteiger partial charge in [0.1, 0.15) is 5.82 Å². The average Bonchev–Trinajstić information content (AvgIpc) is 3.01. The van der Waals surface area contributed by atoms with E-state index in [0.717, 1.165) is 22.5 Å². The minimum absolute atomic E-state index is 0.0342. The standard InChI is InChI=1S/C19H18F3N5S/c1-19(12-7-14(21)15(22)8-13(12)20)17(28-27(3)18(23)25-19)10-4-5-16-11(6-10)9-24-26(16)2/h4-9,17H,1-3H3,(H2,23,25)/t17-,19+/m0/s1. The monoisotopic (exact) mass is 405 g/mol. The normalized spacial score (nSPS) is 22.6. The summed E-state index contributed by atoms with van der Waals surface area (Å²) in [5.41, 5.74) is 0.583. The lowest BCUT2D eigenvalue weighted by Gasteiger charge is -2.46. The third-order valence-electron chi connectivity index (χ3n) is 5.12. The molecule has 3 aromatic rings. The number of rotatable bonds is 2. The second-order valence-corrected chi connectivity index (χ2v) is 8.22. The molecule has 5 nitrogen and oxygen atoms in total. The molecule has 0 radical (unpaired) electrons. The molecule has 2 N–H and O–H groups in total. The first-order valence-corrected chi connectivity index (χ1v) is 9.38. The van der Waals surface area contributed by atoms with Gasteiger partial charge in [-0.3, -0.25) is 14.4 Å². The highest BCUT2D eigenvalue weighted by Crippen LogP contribution is 2.49. The van der Waals surface area contributed by atoms with Crippen molar-refractivity contribution >= 4 is 28.8 Å². The second-order valence-electron chi connectivity index (χ2n) is 6.99. The number of fused-ring (bicyclic) bond motifs is 1. The van der Waals surface area contributed by atoms with Crippen LogP contribution in [0.25, 0.3) is 10.9 Å². The highest BCUT2D eigenvalue weighted by molar-refractivity contribution is 7.97. The van der Waals surface area contributed by atoms with Gasteiger partial charge in [-0.1, -0.05) is 6.07 Å². The van der Waals surface area contributed by atoms with Crippen LogP contribution in [0.15, 0.2) is 36.5 Å². The maximum Gasteiger partial charge on any atom is 0.201 e. The van der Waals surface area contributed by atoms with E-state index in [0.29, 0.717) is 6.07 Å². The molecule has 1 aliphatic rings. The number of hydrogen-bond acceptors (Lipinski definition) is 3. The molecule has 0 spiro atoms. The zero-order chi connectivity index (χ0) is 20.2. The Kier molecular flexibility index (Phi) is 4.29. The fourth-order valence-corrected chi connectivity index (χ4v) is 4.71. The molecule has 28 heavy (non-hydrogen) atoms. The molecular weight excluding hydrogens is 387 g/mol. The van der Waals surface area contributed by atoms with Crippen LogP contribution in [0.3, 0.4) is 0 Å². The molecule has 1 aromatic heterocycles. The molecule has 1 aliphatic heterocycles. The van der Waals surface area contributed by atoms with Crippen LogP contribution in [-0.2, 0) is 12.6 Å². The molecule has 0 saturated carbocycles. The van der Waals surface area contributed by atoms with Gasteiger partial charge in [0.25, 0.3) is 0 Å². The molecule has 1 saturated heterocycles. The van der Waals surface area contributed by atoms with E-state index in [4.69, 9.17) is 5.41 Å². The molecule has 4 rings (SSSR count). The molecule has 0 amide bonds. The smallest absolute Gasteiger partial charge is 0.201 e. The highest BCUT2D eigenvalue weighted by Gasteiger charge is 2.45. The minimum Gasteiger partial charge on any atom is -0.345 e. The molecule has 9 heteroatoms. The molecule has 2 aromatic carbocycles. The molecule has 0 bridgehead atoms. The van der Waals surface area contributed by atoms with Crippen LogP contribution in [-0.4, -0.2) is 27.1 Å². The van der Waals surface area contributed by atoms with Crippen LogP contribution in [0.4, 0.5) is 13.2 Å². The number of benzene rings is 2. The van der Waals surface area contributed by atoms with Gasteiger partial charge in [0.2, 0.25) is 5.96 Å². The van der Waals surface area contributed by atoms with Crippen LogP contribution in [0, 0.1) is 22.9 Å². The summed E-state index contributed by atoms with van der Waals surface area (Å²) in [6.45, 7) is 1.69. The Bertz CT molecular complexity index is 1100. The maximum atomic E-state index is 14.7.